The number of rotatable bonds is 14. The van der Waals surface area contributed by atoms with Gasteiger partial charge in [0.2, 0.25) is 0 Å². The Kier molecular flexibility index (Phi) is 14.3. The van der Waals surface area contributed by atoms with Crippen molar-refractivity contribution in [2.75, 3.05) is 19.6 Å². The highest BCUT2D eigenvalue weighted by Gasteiger charge is 2.05. The van der Waals surface area contributed by atoms with Crippen LogP contribution in [0.25, 0.3) is 0 Å². The Bertz CT molecular complexity index is 167. The Morgan fingerprint density at radius 2 is 1.26 bits per heavy atom. The molecule has 2 heteroatoms. The molecule has 0 spiro atoms. The van der Waals surface area contributed by atoms with Gasteiger partial charge in [-0.1, -0.05) is 72.1 Å². The van der Waals surface area contributed by atoms with Gasteiger partial charge >= 0.3 is 0 Å². The molecule has 0 heterocycles. The summed E-state index contributed by atoms with van der Waals surface area (Å²) in [5.74, 6) is 0. The first-order valence-electron chi connectivity index (χ1n) is 8.72. The van der Waals surface area contributed by atoms with E-state index >= 15 is 0 Å². The standard InChI is InChI=1S/C17H38N2/c1-4-7-8-9-10-11-12-13-14-17(18)15-16-19(5-2)6-3/h17H,4-16,18H2,1-3H3. The first-order chi connectivity index (χ1) is 9.24. The van der Waals surface area contributed by atoms with E-state index < -0.39 is 0 Å². The smallest absolute Gasteiger partial charge is 0.00510 e. The molecule has 0 aromatic rings. The molecule has 1 unspecified atom stereocenters. The number of unbranched alkanes of at least 4 members (excludes halogenated alkanes) is 7. The van der Waals surface area contributed by atoms with E-state index in [1.54, 1.807) is 0 Å². The number of hydrogen-bond acceptors (Lipinski definition) is 2. The number of nitrogens with zero attached hydrogens (tertiary/aromatic N) is 1. The van der Waals surface area contributed by atoms with Crippen LogP contribution in [0.15, 0.2) is 0 Å². The van der Waals surface area contributed by atoms with Crippen LogP contribution >= 0.6 is 0 Å². The van der Waals surface area contributed by atoms with E-state index in [0.717, 1.165) is 19.5 Å². The maximum atomic E-state index is 6.19. The molecule has 1 atom stereocenters. The summed E-state index contributed by atoms with van der Waals surface area (Å²) in [5.41, 5.74) is 6.19. The highest BCUT2D eigenvalue weighted by atomic mass is 15.1. The molecule has 0 radical (unpaired) electrons. The third-order valence-electron chi connectivity index (χ3n) is 4.14. The van der Waals surface area contributed by atoms with Crippen LogP contribution in [0.5, 0.6) is 0 Å². The lowest BCUT2D eigenvalue weighted by Gasteiger charge is -2.20. The second-order valence-corrected chi connectivity index (χ2v) is 5.84. The molecule has 116 valence electrons. The predicted molar refractivity (Wildman–Crippen MR) is 87.6 cm³/mol. The minimum Gasteiger partial charge on any atom is -0.328 e. The van der Waals surface area contributed by atoms with Crippen molar-refractivity contribution in [1.29, 1.82) is 0 Å². The monoisotopic (exact) mass is 270 g/mol. The normalized spacial score (nSPS) is 13.1. The average Bonchev–Trinajstić information content (AvgIpc) is 2.43. The fraction of sp³-hybridized carbons (Fsp3) is 1.00. The zero-order valence-corrected chi connectivity index (χ0v) is 13.8. The predicted octanol–water partition coefficient (Wildman–Crippen LogP) is 4.58. The summed E-state index contributed by atoms with van der Waals surface area (Å²) in [4.78, 5) is 2.47. The first kappa shape index (κ1) is 18.9. The van der Waals surface area contributed by atoms with E-state index in [0.29, 0.717) is 6.04 Å². The lowest BCUT2D eigenvalue weighted by atomic mass is 10.0. The van der Waals surface area contributed by atoms with Crippen molar-refractivity contribution in [3.8, 4) is 0 Å². The Balaban J connectivity index is 3.26. The van der Waals surface area contributed by atoms with E-state index in [1.807, 2.05) is 0 Å². The molecule has 0 rings (SSSR count). The molecule has 0 saturated carbocycles. The average molecular weight is 271 g/mol. The van der Waals surface area contributed by atoms with Gasteiger partial charge in [0.25, 0.3) is 0 Å². The zero-order chi connectivity index (χ0) is 14.3. The van der Waals surface area contributed by atoms with Crippen LogP contribution in [-0.4, -0.2) is 30.6 Å². The molecule has 0 aromatic carbocycles. The Morgan fingerprint density at radius 1 is 0.737 bits per heavy atom. The van der Waals surface area contributed by atoms with Gasteiger partial charge in [0.15, 0.2) is 0 Å². The Morgan fingerprint density at radius 3 is 1.79 bits per heavy atom. The largest absolute Gasteiger partial charge is 0.328 e. The molecule has 0 aliphatic carbocycles. The number of nitrogens with two attached hydrogens (primary N) is 1. The second kappa shape index (κ2) is 14.3. The molecule has 0 fully saturated rings. The van der Waals surface area contributed by atoms with Gasteiger partial charge in [0, 0.05) is 6.04 Å². The summed E-state index contributed by atoms with van der Waals surface area (Å²) < 4.78 is 0. The maximum Gasteiger partial charge on any atom is 0.00510 e. The van der Waals surface area contributed by atoms with Crippen molar-refractivity contribution >= 4 is 0 Å². The first-order valence-corrected chi connectivity index (χ1v) is 8.72. The lowest BCUT2D eigenvalue weighted by Crippen LogP contribution is -2.30. The van der Waals surface area contributed by atoms with Gasteiger partial charge < -0.3 is 10.6 Å². The van der Waals surface area contributed by atoms with Crippen LogP contribution in [0, 0.1) is 0 Å². The number of hydrogen-bond donors (Lipinski definition) is 1. The summed E-state index contributed by atoms with van der Waals surface area (Å²) in [6.45, 7) is 10.2. The van der Waals surface area contributed by atoms with Crippen molar-refractivity contribution in [2.45, 2.75) is 91.0 Å². The van der Waals surface area contributed by atoms with Crippen molar-refractivity contribution in [3.05, 3.63) is 0 Å². The molecule has 0 bridgehead atoms. The molecular weight excluding hydrogens is 232 g/mol. The molecule has 19 heavy (non-hydrogen) atoms. The van der Waals surface area contributed by atoms with E-state index in [9.17, 15) is 0 Å². The fourth-order valence-corrected chi connectivity index (χ4v) is 2.57. The van der Waals surface area contributed by atoms with E-state index in [4.69, 9.17) is 5.73 Å². The molecule has 0 aromatic heterocycles. The fourth-order valence-electron chi connectivity index (χ4n) is 2.57. The van der Waals surface area contributed by atoms with Gasteiger partial charge in [0.1, 0.15) is 0 Å². The van der Waals surface area contributed by atoms with Crippen LogP contribution in [0.4, 0.5) is 0 Å². The molecule has 0 amide bonds. The van der Waals surface area contributed by atoms with Gasteiger partial charge in [0.05, 0.1) is 0 Å². The van der Waals surface area contributed by atoms with Gasteiger partial charge in [-0.15, -0.1) is 0 Å². The van der Waals surface area contributed by atoms with Gasteiger partial charge in [-0.3, -0.25) is 0 Å². The van der Waals surface area contributed by atoms with Crippen molar-refractivity contribution in [2.24, 2.45) is 5.73 Å². The summed E-state index contributed by atoms with van der Waals surface area (Å²) >= 11 is 0. The topological polar surface area (TPSA) is 29.3 Å². The Labute approximate surface area is 122 Å². The highest BCUT2D eigenvalue weighted by Crippen LogP contribution is 2.11. The maximum absolute atomic E-state index is 6.19. The summed E-state index contributed by atoms with van der Waals surface area (Å²) in [6, 6.07) is 0.417. The minimum atomic E-state index is 0.417. The molecule has 2 nitrogen and oxygen atoms in total. The molecule has 0 aliphatic heterocycles. The summed E-state index contributed by atoms with van der Waals surface area (Å²) in [7, 11) is 0. The van der Waals surface area contributed by atoms with Crippen LogP contribution in [0.3, 0.4) is 0 Å². The lowest BCUT2D eigenvalue weighted by molar-refractivity contribution is 0.286. The molecular formula is C17H38N2. The quantitative estimate of drug-likeness (QED) is 0.468. The van der Waals surface area contributed by atoms with Crippen molar-refractivity contribution < 1.29 is 0 Å². The highest BCUT2D eigenvalue weighted by molar-refractivity contribution is 4.64. The van der Waals surface area contributed by atoms with Crippen LogP contribution in [0.1, 0.15) is 85.0 Å². The Hall–Kier alpha value is -0.0800. The second-order valence-electron chi connectivity index (χ2n) is 5.84. The molecule has 0 saturated heterocycles. The van der Waals surface area contributed by atoms with E-state index in [1.165, 1.54) is 64.3 Å². The van der Waals surface area contributed by atoms with Crippen molar-refractivity contribution in [3.63, 3.8) is 0 Å². The van der Waals surface area contributed by atoms with Crippen LogP contribution in [-0.2, 0) is 0 Å². The molecule has 0 aliphatic rings. The summed E-state index contributed by atoms with van der Waals surface area (Å²) in [5, 5.41) is 0. The van der Waals surface area contributed by atoms with Crippen LogP contribution < -0.4 is 5.73 Å². The van der Waals surface area contributed by atoms with Gasteiger partial charge in [-0.2, -0.15) is 0 Å². The third kappa shape index (κ3) is 12.7. The minimum absolute atomic E-state index is 0.417. The van der Waals surface area contributed by atoms with Crippen molar-refractivity contribution in [1.82, 2.24) is 4.90 Å². The van der Waals surface area contributed by atoms with Crippen LogP contribution in [0.2, 0.25) is 0 Å². The van der Waals surface area contributed by atoms with Gasteiger partial charge in [-0.25, -0.2) is 0 Å². The SMILES string of the molecule is CCCCCCCCCCC(N)CCN(CC)CC. The molecule has 2 N–H and O–H groups in total. The van der Waals surface area contributed by atoms with Gasteiger partial charge in [-0.05, 0) is 32.5 Å². The third-order valence-corrected chi connectivity index (χ3v) is 4.14. The van der Waals surface area contributed by atoms with E-state index in [-0.39, 0.29) is 0 Å². The van der Waals surface area contributed by atoms with E-state index in [2.05, 4.69) is 25.7 Å². The zero-order valence-electron chi connectivity index (χ0n) is 13.8. The summed E-state index contributed by atoms with van der Waals surface area (Å²) in [6.07, 6.45) is 13.5.